The Balaban J connectivity index is 2.78. The molecule has 9 nitrogen and oxygen atoms in total. The van der Waals surface area contributed by atoms with E-state index in [-0.39, 0.29) is 30.0 Å². The summed E-state index contributed by atoms with van der Waals surface area (Å²) in [7, 11) is 0. The molecule has 5 atom stereocenters. The third-order valence-corrected chi connectivity index (χ3v) is 6.22. The highest BCUT2D eigenvalue weighted by Crippen LogP contribution is 2.11. The van der Waals surface area contributed by atoms with Gasteiger partial charge in [-0.3, -0.25) is 14.4 Å². The molecule has 30 heavy (non-hydrogen) atoms. The zero-order chi connectivity index (χ0) is 22.7. The fraction of sp³-hybridized carbons (Fsp3) is 0.789. The average molecular weight is 463 g/mol. The van der Waals surface area contributed by atoms with Gasteiger partial charge in [-0.05, 0) is 43.7 Å². The Morgan fingerprint density at radius 2 is 1.83 bits per heavy atom. The number of carbonyl (C=O) groups excluding carboxylic acids is 3. The fourth-order valence-electron chi connectivity index (χ4n) is 3.09. The molecule has 1 aliphatic heterocycles. The van der Waals surface area contributed by atoms with E-state index in [9.17, 15) is 24.3 Å². The van der Waals surface area contributed by atoms with Crippen molar-refractivity contribution in [3.8, 4) is 0 Å². The van der Waals surface area contributed by atoms with Gasteiger partial charge in [0.15, 0.2) is 0 Å². The maximum absolute atomic E-state index is 12.9. The molecule has 1 fully saturated rings. The van der Waals surface area contributed by atoms with E-state index in [0.29, 0.717) is 12.2 Å². The van der Waals surface area contributed by atoms with Crippen LogP contribution >= 0.6 is 24.4 Å². The molecule has 5 unspecified atom stereocenters. The summed E-state index contributed by atoms with van der Waals surface area (Å²) < 4.78 is 0. The van der Waals surface area contributed by atoms with E-state index in [0.717, 1.165) is 19.4 Å². The van der Waals surface area contributed by atoms with Crippen LogP contribution in [0.15, 0.2) is 0 Å². The molecule has 0 aromatic rings. The van der Waals surface area contributed by atoms with Crippen LogP contribution in [0, 0.1) is 5.92 Å². The summed E-state index contributed by atoms with van der Waals surface area (Å²) in [5.41, 5.74) is 0. The summed E-state index contributed by atoms with van der Waals surface area (Å²) in [5.74, 6) is -2.03. The number of carboxylic acid groups (broad SMARTS) is 1. The van der Waals surface area contributed by atoms with Crippen molar-refractivity contribution in [1.29, 1.82) is 0 Å². The molecule has 0 saturated carbocycles. The Morgan fingerprint density at radius 1 is 1.17 bits per heavy atom. The van der Waals surface area contributed by atoms with Crippen LogP contribution in [0.5, 0.6) is 0 Å². The van der Waals surface area contributed by atoms with Gasteiger partial charge in [0.25, 0.3) is 0 Å². The number of rotatable bonds is 13. The summed E-state index contributed by atoms with van der Waals surface area (Å²) in [4.78, 5) is 49.3. The Kier molecular flexibility index (Phi) is 12.2. The summed E-state index contributed by atoms with van der Waals surface area (Å²) in [6, 6.07) is -3.17. The topological polar surface area (TPSA) is 137 Å². The first kappa shape index (κ1) is 26.6. The van der Waals surface area contributed by atoms with Crippen LogP contribution in [0.25, 0.3) is 0 Å². The highest BCUT2D eigenvalue weighted by atomic mass is 32.2. The predicted molar refractivity (Wildman–Crippen MR) is 121 cm³/mol. The normalized spacial score (nSPS) is 19.9. The third kappa shape index (κ3) is 8.35. The van der Waals surface area contributed by atoms with Crippen LogP contribution < -0.4 is 21.3 Å². The van der Waals surface area contributed by atoms with Crippen molar-refractivity contribution in [3.63, 3.8) is 0 Å². The molecular weight excluding hydrogens is 428 g/mol. The molecule has 0 aliphatic carbocycles. The quantitative estimate of drug-likeness (QED) is 0.212. The van der Waals surface area contributed by atoms with Gasteiger partial charge in [0.05, 0.1) is 6.04 Å². The Morgan fingerprint density at radius 3 is 2.33 bits per heavy atom. The van der Waals surface area contributed by atoms with Crippen molar-refractivity contribution < 1.29 is 24.3 Å². The van der Waals surface area contributed by atoms with Gasteiger partial charge < -0.3 is 26.4 Å². The van der Waals surface area contributed by atoms with E-state index in [1.165, 1.54) is 11.8 Å². The lowest BCUT2D eigenvalue weighted by molar-refractivity contribution is -0.142. The standard InChI is InChI=1S/C19H34N4O5S2/c1-4-11(2)15(23-16(24)12-6-5-8-20-12)18(26)22-14(10-29)17(25)21-13(19(27)28)7-9-30-3/h11-15,20,29H,4-10H2,1-3H3,(H,21,25)(H,22,26)(H,23,24)(H,27,28). The van der Waals surface area contributed by atoms with Gasteiger partial charge in [0.1, 0.15) is 18.1 Å². The number of thiol groups is 1. The second kappa shape index (κ2) is 13.8. The minimum absolute atomic E-state index is 0.00219. The van der Waals surface area contributed by atoms with E-state index >= 15 is 0 Å². The maximum Gasteiger partial charge on any atom is 0.326 e. The van der Waals surface area contributed by atoms with Crippen LogP contribution in [-0.2, 0) is 19.2 Å². The Bertz CT molecular complexity index is 601. The van der Waals surface area contributed by atoms with Crippen molar-refractivity contribution in [2.45, 2.75) is 63.7 Å². The zero-order valence-corrected chi connectivity index (χ0v) is 19.5. The molecule has 172 valence electrons. The number of aliphatic carboxylic acids is 1. The minimum atomic E-state index is -1.13. The van der Waals surface area contributed by atoms with Gasteiger partial charge in [0, 0.05) is 5.75 Å². The van der Waals surface area contributed by atoms with Gasteiger partial charge in [-0.1, -0.05) is 20.3 Å². The van der Waals surface area contributed by atoms with Gasteiger partial charge >= 0.3 is 5.97 Å². The SMILES string of the molecule is CCC(C)C(NC(=O)C1CCCN1)C(=O)NC(CS)C(=O)NC(CCSC)C(=O)O. The molecule has 0 aromatic carbocycles. The van der Waals surface area contributed by atoms with E-state index in [1.54, 1.807) is 0 Å². The lowest BCUT2D eigenvalue weighted by atomic mass is 9.97. The van der Waals surface area contributed by atoms with Crippen LogP contribution in [0.2, 0.25) is 0 Å². The predicted octanol–water partition coefficient (Wildman–Crippen LogP) is 0.00640. The van der Waals surface area contributed by atoms with Gasteiger partial charge in [-0.15, -0.1) is 0 Å². The lowest BCUT2D eigenvalue weighted by Crippen LogP contribution is -2.59. The largest absolute Gasteiger partial charge is 0.480 e. The first-order chi connectivity index (χ1) is 14.2. The van der Waals surface area contributed by atoms with Gasteiger partial charge in [-0.2, -0.15) is 24.4 Å². The molecule has 0 aromatic heterocycles. The minimum Gasteiger partial charge on any atom is -0.480 e. The number of nitrogens with one attached hydrogen (secondary N) is 4. The second-order valence-electron chi connectivity index (χ2n) is 7.45. The summed E-state index contributed by atoms with van der Waals surface area (Å²) in [6.07, 6.45) is 4.40. The molecule has 1 saturated heterocycles. The van der Waals surface area contributed by atoms with Gasteiger partial charge in [-0.25, -0.2) is 4.79 Å². The van der Waals surface area contributed by atoms with Gasteiger partial charge in [0.2, 0.25) is 17.7 Å². The summed E-state index contributed by atoms with van der Waals surface area (Å²) >= 11 is 5.61. The van der Waals surface area contributed by atoms with Crippen LogP contribution in [0.4, 0.5) is 0 Å². The molecule has 1 rings (SSSR count). The Hall–Kier alpha value is -1.46. The number of carbonyl (C=O) groups is 4. The van der Waals surface area contributed by atoms with Crippen molar-refractivity contribution in [3.05, 3.63) is 0 Å². The fourth-order valence-corrected chi connectivity index (χ4v) is 3.81. The molecule has 1 aliphatic rings. The van der Waals surface area contributed by atoms with E-state index in [4.69, 9.17) is 0 Å². The number of thioether (sulfide) groups is 1. The number of amides is 3. The number of carboxylic acids is 1. The lowest BCUT2D eigenvalue weighted by Gasteiger charge is -2.27. The van der Waals surface area contributed by atoms with E-state index in [2.05, 4.69) is 33.9 Å². The van der Waals surface area contributed by atoms with Crippen molar-refractivity contribution >= 4 is 48.1 Å². The third-order valence-electron chi connectivity index (χ3n) is 5.21. The molecule has 5 N–H and O–H groups in total. The Labute approximate surface area is 187 Å². The molecule has 3 amide bonds. The number of hydrogen-bond donors (Lipinski definition) is 6. The van der Waals surface area contributed by atoms with Crippen LogP contribution in [0.1, 0.15) is 39.5 Å². The molecule has 11 heteroatoms. The zero-order valence-electron chi connectivity index (χ0n) is 17.8. The average Bonchev–Trinajstić information content (AvgIpc) is 3.26. The van der Waals surface area contributed by atoms with E-state index < -0.39 is 35.9 Å². The molecule has 1 heterocycles. The first-order valence-corrected chi connectivity index (χ1v) is 12.2. The van der Waals surface area contributed by atoms with Crippen molar-refractivity contribution in [2.24, 2.45) is 5.92 Å². The second-order valence-corrected chi connectivity index (χ2v) is 8.80. The monoisotopic (exact) mass is 462 g/mol. The van der Waals surface area contributed by atoms with Crippen molar-refractivity contribution in [1.82, 2.24) is 21.3 Å². The van der Waals surface area contributed by atoms with E-state index in [1.807, 2.05) is 20.1 Å². The summed E-state index contributed by atoms with van der Waals surface area (Å²) in [5, 5.41) is 20.3. The molecule has 0 radical (unpaired) electrons. The molecular formula is C19H34N4O5S2. The van der Waals surface area contributed by atoms with Crippen molar-refractivity contribution in [2.75, 3.05) is 24.3 Å². The van der Waals surface area contributed by atoms with Crippen LogP contribution in [0.3, 0.4) is 0 Å². The van der Waals surface area contributed by atoms with Crippen LogP contribution in [-0.4, -0.2) is 77.3 Å². The molecule has 0 spiro atoms. The highest BCUT2D eigenvalue weighted by molar-refractivity contribution is 7.98. The molecule has 0 bridgehead atoms. The first-order valence-electron chi connectivity index (χ1n) is 10.2. The summed E-state index contributed by atoms with van der Waals surface area (Å²) in [6.45, 7) is 4.53. The highest BCUT2D eigenvalue weighted by Gasteiger charge is 2.33. The maximum atomic E-state index is 12.9. The number of hydrogen-bond acceptors (Lipinski definition) is 7. The smallest absolute Gasteiger partial charge is 0.326 e.